The fraction of sp³-hybridized carbons (Fsp3) is 0.111. The summed E-state index contributed by atoms with van der Waals surface area (Å²) in [6.07, 6.45) is 8.09. The van der Waals surface area contributed by atoms with Crippen molar-refractivity contribution in [1.82, 2.24) is 29.1 Å². The van der Waals surface area contributed by atoms with E-state index in [0.717, 1.165) is 33.0 Å². The quantitative estimate of drug-likeness (QED) is 0.376. The number of aryl methyl sites for hydroxylation is 3. The molecule has 8 heteroatoms. The van der Waals surface area contributed by atoms with E-state index < -0.39 is 0 Å². The maximum absolute atomic E-state index is 13.8. The van der Waals surface area contributed by atoms with E-state index in [1.54, 1.807) is 21.4 Å². The highest BCUT2D eigenvalue weighted by Crippen LogP contribution is 2.23. The predicted molar refractivity (Wildman–Crippen MR) is 133 cm³/mol. The van der Waals surface area contributed by atoms with E-state index in [0.29, 0.717) is 24.3 Å². The fourth-order valence-corrected chi connectivity index (χ4v) is 4.33. The summed E-state index contributed by atoms with van der Waals surface area (Å²) in [5.41, 5.74) is 4.52. The molecule has 172 valence electrons. The highest BCUT2D eigenvalue weighted by atomic mass is 19.1. The molecule has 0 N–H and O–H groups in total. The molecule has 2 aromatic carbocycles. The van der Waals surface area contributed by atoms with Crippen molar-refractivity contribution in [2.75, 3.05) is 0 Å². The van der Waals surface area contributed by atoms with Crippen LogP contribution in [0.4, 0.5) is 4.39 Å². The molecule has 0 aliphatic carbocycles. The normalized spacial score (nSPS) is 11.5. The van der Waals surface area contributed by atoms with Gasteiger partial charge in [-0.3, -0.25) is 19.0 Å². The average molecular weight is 465 g/mol. The number of benzene rings is 2. The molecule has 35 heavy (non-hydrogen) atoms. The molecule has 0 saturated carbocycles. The first kappa shape index (κ1) is 21.0. The van der Waals surface area contributed by atoms with Crippen LogP contribution >= 0.6 is 0 Å². The molecule has 7 nitrogen and oxygen atoms in total. The maximum Gasteiger partial charge on any atom is 0.266 e. The molecule has 0 radical (unpaired) electrons. The van der Waals surface area contributed by atoms with Crippen molar-refractivity contribution < 1.29 is 4.39 Å². The van der Waals surface area contributed by atoms with Crippen molar-refractivity contribution in [2.24, 2.45) is 7.05 Å². The first-order chi connectivity index (χ1) is 17.0. The third-order valence-electron chi connectivity index (χ3n) is 6.15. The Balaban J connectivity index is 1.28. The molecule has 4 heterocycles. The van der Waals surface area contributed by atoms with Gasteiger partial charge in [-0.25, -0.2) is 9.07 Å². The van der Waals surface area contributed by atoms with Crippen LogP contribution in [0.1, 0.15) is 5.56 Å². The highest BCUT2D eigenvalue weighted by Gasteiger charge is 2.09. The summed E-state index contributed by atoms with van der Waals surface area (Å²) in [6, 6.07) is 17.9. The molecule has 0 aliphatic heterocycles. The lowest BCUT2D eigenvalue weighted by atomic mass is 10.1. The number of hydrogen-bond donors (Lipinski definition) is 0. The summed E-state index contributed by atoms with van der Waals surface area (Å²) in [5.74, 6) is 0.247. The molecule has 4 aromatic heterocycles. The smallest absolute Gasteiger partial charge is 0.266 e. The minimum atomic E-state index is -0.316. The molecule has 6 rings (SSSR count). The van der Waals surface area contributed by atoms with Crippen LogP contribution in [0.3, 0.4) is 0 Å². The van der Waals surface area contributed by atoms with Crippen molar-refractivity contribution >= 4 is 21.8 Å². The summed E-state index contributed by atoms with van der Waals surface area (Å²) in [6.45, 7) is 0.418. The lowest BCUT2D eigenvalue weighted by Gasteiger charge is -2.10. The third kappa shape index (κ3) is 3.99. The van der Waals surface area contributed by atoms with E-state index in [-0.39, 0.29) is 11.4 Å². The number of pyridine rings is 1. The molecule has 0 aliphatic rings. The van der Waals surface area contributed by atoms with E-state index in [1.165, 1.54) is 22.9 Å². The van der Waals surface area contributed by atoms with Crippen LogP contribution in [0.15, 0.2) is 90.2 Å². The van der Waals surface area contributed by atoms with Crippen molar-refractivity contribution in [1.29, 1.82) is 0 Å². The van der Waals surface area contributed by atoms with Crippen molar-refractivity contribution in [3.63, 3.8) is 0 Å². The first-order valence-corrected chi connectivity index (χ1v) is 11.3. The van der Waals surface area contributed by atoms with Crippen molar-refractivity contribution in [3.05, 3.63) is 107 Å². The molecule has 0 amide bonds. The SMILES string of the molecule is Cn1cc(-c2cnc3ccc(CCn4nc(-n5ccc6ccc(F)cc65)ccc4=O)cc3c2)cn1. The van der Waals surface area contributed by atoms with Crippen LogP contribution in [0.5, 0.6) is 0 Å². The highest BCUT2D eigenvalue weighted by molar-refractivity contribution is 5.84. The van der Waals surface area contributed by atoms with Gasteiger partial charge in [-0.1, -0.05) is 6.07 Å². The Hall–Kier alpha value is -4.59. The zero-order valence-corrected chi connectivity index (χ0v) is 19.0. The summed E-state index contributed by atoms with van der Waals surface area (Å²) in [7, 11) is 1.89. The Morgan fingerprint density at radius 2 is 1.83 bits per heavy atom. The molecule has 0 fully saturated rings. The van der Waals surface area contributed by atoms with Crippen LogP contribution in [0, 0.1) is 5.82 Å². The van der Waals surface area contributed by atoms with Crippen molar-refractivity contribution in [2.45, 2.75) is 13.0 Å². The molecular formula is C27H21FN6O. The van der Waals surface area contributed by atoms with Crippen LogP contribution in [0.25, 0.3) is 38.8 Å². The molecule has 0 bridgehead atoms. The van der Waals surface area contributed by atoms with Gasteiger partial charge in [0.05, 0.1) is 17.2 Å². The standard InChI is InChI=1S/C27H21FN6O/c1-32-17-22(16-30-32)21-13-20-12-18(2-5-24(20)29-15-21)8-11-34-27(35)7-6-26(31-34)33-10-9-19-3-4-23(28)14-25(19)33/h2-7,9-10,12-17H,8,11H2,1H3. The lowest BCUT2D eigenvalue weighted by molar-refractivity contribution is 0.572. The molecule has 0 saturated heterocycles. The van der Waals surface area contributed by atoms with Crippen LogP contribution in [-0.4, -0.2) is 29.1 Å². The Morgan fingerprint density at radius 1 is 0.914 bits per heavy atom. The first-order valence-electron chi connectivity index (χ1n) is 11.3. The van der Waals surface area contributed by atoms with Crippen LogP contribution in [0.2, 0.25) is 0 Å². The molecule has 6 aromatic rings. The van der Waals surface area contributed by atoms with Gasteiger partial charge in [0, 0.05) is 60.1 Å². The van der Waals surface area contributed by atoms with E-state index in [2.05, 4.69) is 27.3 Å². The number of fused-ring (bicyclic) bond motifs is 2. The topological polar surface area (TPSA) is 70.5 Å². The monoisotopic (exact) mass is 464 g/mol. The minimum absolute atomic E-state index is 0.183. The van der Waals surface area contributed by atoms with Gasteiger partial charge in [-0.2, -0.15) is 10.2 Å². The van der Waals surface area contributed by atoms with Crippen LogP contribution in [-0.2, 0) is 20.0 Å². The third-order valence-corrected chi connectivity index (χ3v) is 6.15. The Bertz CT molecular complexity index is 1760. The number of hydrogen-bond acceptors (Lipinski definition) is 4. The van der Waals surface area contributed by atoms with Gasteiger partial charge in [0.2, 0.25) is 0 Å². The number of aromatic nitrogens is 6. The zero-order valence-electron chi connectivity index (χ0n) is 19.0. The van der Waals surface area contributed by atoms with Gasteiger partial charge in [-0.05, 0) is 60.5 Å². The molecule has 0 unspecified atom stereocenters. The van der Waals surface area contributed by atoms with Gasteiger partial charge >= 0.3 is 0 Å². The second kappa shape index (κ2) is 8.32. The molecule has 0 atom stereocenters. The summed E-state index contributed by atoms with van der Waals surface area (Å²) in [5, 5.41) is 10.7. The predicted octanol–water partition coefficient (Wildman–Crippen LogP) is 4.52. The second-order valence-electron chi connectivity index (χ2n) is 8.55. The largest absolute Gasteiger partial charge is 0.300 e. The summed E-state index contributed by atoms with van der Waals surface area (Å²) < 4.78 is 18.8. The summed E-state index contributed by atoms with van der Waals surface area (Å²) in [4.78, 5) is 17.1. The average Bonchev–Trinajstić information content (AvgIpc) is 3.49. The van der Waals surface area contributed by atoms with Crippen LogP contribution < -0.4 is 5.56 Å². The Morgan fingerprint density at radius 3 is 2.69 bits per heavy atom. The van der Waals surface area contributed by atoms with Gasteiger partial charge in [0.25, 0.3) is 5.56 Å². The summed E-state index contributed by atoms with van der Waals surface area (Å²) >= 11 is 0. The second-order valence-corrected chi connectivity index (χ2v) is 8.55. The number of rotatable bonds is 5. The minimum Gasteiger partial charge on any atom is -0.300 e. The molecular weight excluding hydrogens is 443 g/mol. The maximum atomic E-state index is 13.8. The molecule has 0 spiro atoms. The van der Waals surface area contributed by atoms with Gasteiger partial charge in [0.1, 0.15) is 5.82 Å². The lowest BCUT2D eigenvalue weighted by Crippen LogP contribution is -2.24. The van der Waals surface area contributed by atoms with Gasteiger partial charge in [0.15, 0.2) is 5.82 Å². The van der Waals surface area contributed by atoms with E-state index in [4.69, 9.17) is 0 Å². The van der Waals surface area contributed by atoms with E-state index in [1.807, 2.05) is 50.0 Å². The zero-order chi connectivity index (χ0) is 23.9. The van der Waals surface area contributed by atoms with E-state index >= 15 is 0 Å². The van der Waals surface area contributed by atoms with Crippen molar-refractivity contribution in [3.8, 4) is 16.9 Å². The Kier molecular flexibility index (Phi) is 4.99. The van der Waals surface area contributed by atoms with E-state index in [9.17, 15) is 9.18 Å². The number of nitrogens with zero attached hydrogens (tertiary/aromatic N) is 6. The van der Waals surface area contributed by atoms with Gasteiger partial charge < -0.3 is 0 Å². The van der Waals surface area contributed by atoms with Gasteiger partial charge in [-0.15, -0.1) is 0 Å². The Labute approximate surface area is 199 Å². The number of halogens is 1. The fourth-order valence-electron chi connectivity index (χ4n) is 4.33.